The van der Waals surface area contributed by atoms with E-state index in [1.807, 2.05) is 17.0 Å². The number of para-hydroxylation sites is 1. The van der Waals surface area contributed by atoms with Crippen molar-refractivity contribution in [2.75, 3.05) is 41.3 Å². The minimum absolute atomic E-state index is 0.0353. The number of nitrogens with one attached hydrogen (secondary N) is 1. The Bertz CT molecular complexity index is 953. The lowest BCUT2D eigenvalue weighted by molar-refractivity contribution is -0.384. The Balaban J connectivity index is 1.61. The van der Waals surface area contributed by atoms with Crippen LogP contribution in [0.15, 0.2) is 36.4 Å². The maximum atomic E-state index is 13.0. The molecule has 0 saturated carbocycles. The maximum Gasteiger partial charge on any atom is 0.293 e. The zero-order valence-electron chi connectivity index (χ0n) is 16.8. The van der Waals surface area contributed by atoms with E-state index in [0.29, 0.717) is 16.4 Å². The number of halogens is 1. The van der Waals surface area contributed by atoms with Crippen molar-refractivity contribution in [2.24, 2.45) is 0 Å². The Morgan fingerprint density at radius 2 is 1.63 bits per heavy atom. The average Bonchev–Trinajstić information content (AvgIpc) is 3.29. The van der Waals surface area contributed by atoms with Crippen LogP contribution in [-0.2, 0) is 0 Å². The van der Waals surface area contributed by atoms with Gasteiger partial charge in [-0.2, -0.15) is 0 Å². The molecule has 0 radical (unpaired) electrons. The fraction of sp³-hybridized carbons (Fsp3) is 0.409. The summed E-state index contributed by atoms with van der Waals surface area (Å²) in [6.45, 7) is 3.38. The first-order valence-electron chi connectivity index (χ1n) is 10.4. The Hall–Kier alpha value is -2.80. The van der Waals surface area contributed by atoms with Crippen molar-refractivity contribution in [2.45, 2.75) is 32.1 Å². The number of carbonyl (C=O) groups is 1. The molecule has 0 bridgehead atoms. The molecule has 158 valence electrons. The van der Waals surface area contributed by atoms with Gasteiger partial charge in [0.15, 0.2) is 0 Å². The van der Waals surface area contributed by atoms with E-state index in [-0.39, 0.29) is 17.2 Å². The average molecular weight is 429 g/mol. The zero-order chi connectivity index (χ0) is 21.1. The minimum atomic E-state index is -0.414. The molecule has 0 atom stereocenters. The summed E-state index contributed by atoms with van der Waals surface area (Å²) in [5.74, 6) is -0.383. The number of piperidine rings is 1. The molecule has 7 nitrogen and oxygen atoms in total. The molecule has 1 amide bonds. The SMILES string of the molecule is O=C(Nc1cccc(Cl)c1N1CCCCC1)c1ccc(N2CCCC2)c([N+](=O)[O-])c1. The topological polar surface area (TPSA) is 78.7 Å². The largest absolute Gasteiger partial charge is 0.369 e. The highest BCUT2D eigenvalue weighted by Gasteiger charge is 2.25. The van der Waals surface area contributed by atoms with Crippen molar-refractivity contribution in [3.05, 3.63) is 57.1 Å². The van der Waals surface area contributed by atoms with Crippen molar-refractivity contribution in [1.82, 2.24) is 0 Å². The molecule has 2 aromatic carbocycles. The first-order chi connectivity index (χ1) is 14.5. The highest BCUT2D eigenvalue weighted by atomic mass is 35.5. The van der Waals surface area contributed by atoms with Crippen molar-refractivity contribution >= 4 is 40.3 Å². The summed E-state index contributed by atoms with van der Waals surface area (Å²) in [7, 11) is 0. The Kier molecular flexibility index (Phi) is 6.08. The van der Waals surface area contributed by atoms with Crippen LogP contribution in [0.3, 0.4) is 0 Å². The number of hydrogen-bond donors (Lipinski definition) is 1. The number of hydrogen-bond acceptors (Lipinski definition) is 5. The number of nitrogens with zero attached hydrogens (tertiary/aromatic N) is 3. The number of anilines is 3. The van der Waals surface area contributed by atoms with Gasteiger partial charge in [0.1, 0.15) is 5.69 Å². The van der Waals surface area contributed by atoms with Gasteiger partial charge in [-0.25, -0.2) is 0 Å². The van der Waals surface area contributed by atoms with E-state index in [0.717, 1.165) is 57.5 Å². The molecule has 2 heterocycles. The predicted molar refractivity (Wildman–Crippen MR) is 120 cm³/mol. The number of benzene rings is 2. The lowest BCUT2D eigenvalue weighted by atomic mass is 10.1. The summed E-state index contributed by atoms with van der Waals surface area (Å²) in [5.41, 5.74) is 2.24. The van der Waals surface area contributed by atoms with Gasteiger partial charge in [-0.1, -0.05) is 17.7 Å². The third-order valence-electron chi connectivity index (χ3n) is 5.79. The summed E-state index contributed by atoms with van der Waals surface area (Å²) < 4.78 is 0. The van der Waals surface area contributed by atoms with E-state index in [1.54, 1.807) is 18.2 Å². The van der Waals surface area contributed by atoms with Crippen LogP contribution >= 0.6 is 11.6 Å². The fourth-order valence-electron chi connectivity index (χ4n) is 4.29. The second-order valence-electron chi connectivity index (χ2n) is 7.79. The third kappa shape index (κ3) is 4.21. The second-order valence-corrected chi connectivity index (χ2v) is 8.20. The van der Waals surface area contributed by atoms with E-state index in [4.69, 9.17) is 11.6 Å². The molecule has 8 heteroatoms. The van der Waals surface area contributed by atoms with E-state index < -0.39 is 4.92 Å². The maximum absolute atomic E-state index is 13.0. The highest BCUT2D eigenvalue weighted by Crippen LogP contribution is 2.36. The molecular weight excluding hydrogens is 404 g/mol. The van der Waals surface area contributed by atoms with Crippen LogP contribution in [0.4, 0.5) is 22.7 Å². The number of rotatable bonds is 5. The molecule has 0 unspecified atom stereocenters. The third-order valence-corrected chi connectivity index (χ3v) is 6.09. The van der Waals surface area contributed by atoms with Crippen LogP contribution in [0.25, 0.3) is 0 Å². The molecule has 2 saturated heterocycles. The molecular formula is C22H25ClN4O3. The van der Waals surface area contributed by atoms with Gasteiger partial charge < -0.3 is 15.1 Å². The van der Waals surface area contributed by atoms with Gasteiger partial charge in [-0.3, -0.25) is 14.9 Å². The second kappa shape index (κ2) is 8.92. The number of nitro groups is 1. The molecule has 2 fully saturated rings. The molecule has 2 aromatic rings. The normalized spacial score (nSPS) is 16.6. The van der Waals surface area contributed by atoms with Gasteiger partial charge in [0, 0.05) is 37.8 Å². The molecule has 4 rings (SSSR count). The molecule has 1 N–H and O–H groups in total. The van der Waals surface area contributed by atoms with Crippen molar-refractivity contribution in [3.63, 3.8) is 0 Å². The standard InChI is InChI=1S/C22H25ClN4O3/c23-17-7-6-8-18(21(17)26-13-2-1-3-14-26)24-22(28)16-9-10-19(20(15-16)27(29)30)25-11-4-5-12-25/h6-10,15H,1-5,11-14H2,(H,24,28). The quantitative estimate of drug-likeness (QED) is 0.530. The smallest absolute Gasteiger partial charge is 0.293 e. The summed E-state index contributed by atoms with van der Waals surface area (Å²) >= 11 is 6.46. The summed E-state index contributed by atoms with van der Waals surface area (Å²) in [6, 6.07) is 10.1. The van der Waals surface area contributed by atoms with Crippen LogP contribution in [0.5, 0.6) is 0 Å². The first kappa shape index (κ1) is 20.5. The van der Waals surface area contributed by atoms with E-state index in [2.05, 4.69) is 10.2 Å². The Morgan fingerprint density at radius 1 is 0.967 bits per heavy atom. The molecule has 0 aliphatic carbocycles. The van der Waals surface area contributed by atoms with Crippen LogP contribution in [0, 0.1) is 10.1 Å². The van der Waals surface area contributed by atoms with Crippen molar-refractivity contribution in [1.29, 1.82) is 0 Å². The van der Waals surface area contributed by atoms with Crippen molar-refractivity contribution < 1.29 is 9.72 Å². The molecule has 30 heavy (non-hydrogen) atoms. The lowest BCUT2D eigenvalue weighted by Crippen LogP contribution is -2.30. The van der Waals surface area contributed by atoms with E-state index in [1.165, 1.54) is 12.5 Å². The fourth-order valence-corrected chi connectivity index (χ4v) is 4.58. The van der Waals surface area contributed by atoms with E-state index >= 15 is 0 Å². The zero-order valence-corrected chi connectivity index (χ0v) is 17.5. The molecule has 0 spiro atoms. The number of carbonyl (C=O) groups excluding carboxylic acids is 1. The summed E-state index contributed by atoms with van der Waals surface area (Å²) in [6.07, 6.45) is 5.40. The van der Waals surface area contributed by atoms with Gasteiger partial charge >= 0.3 is 0 Å². The molecule has 2 aliphatic heterocycles. The molecule has 2 aliphatic rings. The van der Waals surface area contributed by atoms with Gasteiger partial charge in [-0.05, 0) is 56.4 Å². The van der Waals surface area contributed by atoms with Crippen LogP contribution < -0.4 is 15.1 Å². The van der Waals surface area contributed by atoms with Crippen LogP contribution in [0.2, 0.25) is 5.02 Å². The van der Waals surface area contributed by atoms with Crippen LogP contribution in [-0.4, -0.2) is 37.0 Å². The lowest BCUT2D eigenvalue weighted by Gasteiger charge is -2.31. The summed E-state index contributed by atoms with van der Waals surface area (Å²) in [4.78, 5) is 28.4. The number of nitro benzene ring substituents is 1. The monoisotopic (exact) mass is 428 g/mol. The number of amides is 1. The van der Waals surface area contributed by atoms with Crippen molar-refractivity contribution in [3.8, 4) is 0 Å². The Morgan fingerprint density at radius 3 is 2.33 bits per heavy atom. The van der Waals surface area contributed by atoms with Gasteiger partial charge in [0.05, 0.1) is 21.3 Å². The van der Waals surface area contributed by atoms with Crippen LogP contribution in [0.1, 0.15) is 42.5 Å². The highest BCUT2D eigenvalue weighted by molar-refractivity contribution is 6.34. The van der Waals surface area contributed by atoms with Gasteiger partial charge in [0.2, 0.25) is 0 Å². The predicted octanol–water partition coefficient (Wildman–Crippen LogP) is 5.09. The summed E-state index contributed by atoms with van der Waals surface area (Å²) in [5, 5.41) is 15.1. The van der Waals surface area contributed by atoms with Gasteiger partial charge in [0.25, 0.3) is 11.6 Å². The minimum Gasteiger partial charge on any atom is -0.369 e. The van der Waals surface area contributed by atoms with Gasteiger partial charge in [-0.15, -0.1) is 0 Å². The Labute approximate surface area is 180 Å². The first-order valence-corrected chi connectivity index (χ1v) is 10.8. The molecule has 0 aromatic heterocycles. The van der Waals surface area contributed by atoms with E-state index in [9.17, 15) is 14.9 Å².